The van der Waals surface area contributed by atoms with E-state index in [1.165, 1.54) is 0 Å². The van der Waals surface area contributed by atoms with Crippen LogP contribution in [0.1, 0.15) is 16.7 Å². The second-order valence-corrected chi connectivity index (χ2v) is 5.21. The number of nitrogens with zero attached hydrogens (tertiary/aromatic N) is 3. The lowest BCUT2D eigenvalue weighted by Crippen LogP contribution is -2.04. The predicted octanol–water partition coefficient (Wildman–Crippen LogP) is 3.37. The number of hydrogen-bond donors (Lipinski definition) is 2. The van der Waals surface area contributed by atoms with Gasteiger partial charge in [0.25, 0.3) is 0 Å². The number of aryl methyl sites for hydroxylation is 2. The molecular formula is C14H13ClFN5. The highest BCUT2D eigenvalue weighted by molar-refractivity contribution is 6.28. The minimum Gasteiger partial charge on any atom is -0.365 e. The van der Waals surface area contributed by atoms with Gasteiger partial charge in [-0.25, -0.2) is 4.39 Å². The summed E-state index contributed by atoms with van der Waals surface area (Å²) in [6, 6.07) is 3.62. The molecule has 0 unspecified atom stereocenters. The SMILES string of the molecule is Cc1cc(CNc2nc(Cl)nc3[nH]ncc23)cc(C)c1F. The Morgan fingerprint density at radius 2 is 1.95 bits per heavy atom. The summed E-state index contributed by atoms with van der Waals surface area (Å²) in [6.07, 6.45) is 1.63. The van der Waals surface area contributed by atoms with Gasteiger partial charge in [0.05, 0.1) is 11.6 Å². The third-order valence-electron chi connectivity index (χ3n) is 3.24. The zero-order valence-electron chi connectivity index (χ0n) is 11.5. The van der Waals surface area contributed by atoms with Crippen LogP contribution in [0, 0.1) is 19.7 Å². The minimum atomic E-state index is -0.166. The number of aromatic nitrogens is 4. The van der Waals surface area contributed by atoms with Gasteiger partial charge in [-0.05, 0) is 42.1 Å². The summed E-state index contributed by atoms with van der Waals surface area (Å²) < 4.78 is 13.6. The van der Waals surface area contributed by atoms with Crippen LogP contribution in [-0.4, -0.2) is 20.2 Å². The molecule has 0 radical (unpaired) electrons. The molecule has 1 aromatic carbocycles. The fraction of sp³-hybridized carbons (Fsp3) is 0.214. The number of aromatic amines is 1. The quantitative estimate of drug-likeness (QED) is 0.728. The molecule has 21 heavy (non-hydrogen) atoms. The lowest BCUT2D eigenvalue weighted by Gasteiger charge is -2.09. The van der Waals surface area contributed by atoms with Gasteiger partial charge in [0, 0.05) is 6.54 Å². The second kappa shape index (κ2) is 5.29. The summed E-state index contributed by atoms with van der Waals surface area (Å²) in [5.74, 6) is 0.430. The smallest absolute Gasteiger partial charge is 0.226 e. The number of H-pyrrole nitrogens is 1. The fourth-order valence-corrected chi connectivity index (χ4v) is 2.43. The van der Waals surface area contributed by atoms with Gasteiger partial charge < -0.3 is 5.32 Å². The van der Waals surface area contributed by atoms with Gasteiger partial charge in [0.1, 0.15) is 11.6 Å². The third-order valence-corrected chi connectivity index (χ3v) is 3.41. The Balaban J connectivity index is 1.88. The molecule has 0 saturated carbocycles. The van der Waals surface area contributed by atoms with Crippen LogP contribution >= 0.6 is 11.6 Å². The first-order valence-corrected chi connectivity index (χ1v) is 6.78. The van der Waals surface area contributed by atoms with Crippen LogP contribution in [0.25, 0.3) is 11.0 Å². The predicted molar refractivity (Wildman–Crippen MR) is 79.9 cm³/mol. The topological polar surface area (TPSA) is 66.5 Å². The molecule has 0 saturated heterocycles. The van der Waals surface area contributed by atoms with E-state index in [2.05, 4.69) is 25.5 Å². The van der Waals surface area contributed by atoms with Crippen molar-refractivity contribution in [2.24, 2.45) is 0 Å². The largest absolute Gasteiger partial charge is 0.365 e. The van der Waals surface area contributed by atoms with E-state index in [0.717, 1.165) is 10.9 Å². The zero-order valence-corrected chi connectivity index (χ0v) is 12.3. The van der Waals surface area contributed by atoms with Crippen LogP contribution in [0.4, 0.5) is 10.2 Å². The molecule has 5 nitrogen and oxygen atoms in total. The lowest BCUT2D eigenvalue weighted by atomic mass is 10.1. The molecule has 7 heteroatoms. The summed E-state index contributed by atoms with van der Waals surface area (Å²) in [5.41, 5.74) is 2.80. The molecule has 2 N–H and O–H groups in total. The highest BCUT2D eigenvalue weighted by atomic mass is 35.5. The Hall–Kier alpha value is -2.21. The molecule has 0 aliphatic heterocycles. The van der Waals surface area contributed by atoms with Crippen molar-refractivity contribution < 1.29 is 4.39 Å². The Morgan fingerprint density at radius 1 is 1.24 bits per heavy atom. The summed E-state index contributed by atoms with van der Waals surface area (Å²) in [6.45, 7) is 4.01. The highest BCUT2D eigenvalue weighted by Crippen LogP contribution is 2.21. The number of nitrogens with one attached hydrogen (secondary N) is 2. The maximum atomic E-state index is 13.6. The maximum Gasteiger partial charge on any atom is 0.226 e. The molecule has 0 atom stereocenters. The first-order valence-electron chi connectivity index (χ1n) is 6.40. The van der Waals surface area contributed by atoms with Gasteiger partial charge in [-0.3, -0.25) is 5.10 Å². The van der Waals surface area contributed by atoms with Crippen molar-refractivity contribution in [3.63, 3.8) is 0 Å². The number of rotatable bonds is 3. The molecule has 0 aliphatic carbocycles. The first kappa shape index (κ1) is 13.8. The minimum absolute atomic E-state index is 0.140. The van der Waals surface area contributed by atoms with Gasteiger partial charge in [0.15, 0.2) is 5.65 Å². The van der Waals surface area contributed by atoms with Gasteiger partial charge in [-0.1, -0.05) is 12.1 Å². The highest BCUT2D eigenvalue weighted by Gasteiger charge is 2.09. The van der Waals surface area contributed by atoms with Crippen molar-refractivity contribution in [3.8, 4) is 0 Å². The average molecular weight is 306 g/mol. The van der Waals surface area contributed by atoms with Crippen LogP contribution in [0.3, 0.4) is 0 Å². The molecule has 3 aromatic rings. The number of halogens is 2. The average Bonchev–Trinajstić information content (AvgIpc) is 2.90. The van der Waals surface area contributed by atoms with E-state index in [1.807, 2.05) is 12.1 Å². The van der Waals surface area contributed by atoms with Gasteiger partial charge in [-0.15, -0.1) is 0 Å². The Morgan fingerprint density at radius 3 is 2.67 bits per heavy atom. The second-order valence-electron chi connectivity index (χ2n) is 4.87. The molecule has 0 bridgehead atoms. The first-order chi connectivity index (χ1) is 10.0. The van der Waals surface area contributed by atoms with Crippen LogP contribution in [-0.2, 0) is 6.54 Å². The number of benzene rings is 1. The van der Waals surface area contributed by atoms with E-state index in [1.54, 1.807) is 20.0 Å². The van der Waals surface area contributed by atoms with Gasteiger partial charge in [0.2, 0.25) is 5.28 Å². The summed E-state index contributed by atoms with van der Waals surface area (Å²) in [4.78, 5) is 8.20. The Kier molecular flexibility index (Phi) is 3.47. The Labute approximate surface area is 125 Å². The molecule has 0 spiro atoms. The normalized spacial score (nSPS) is 11.0. The standard InChI is InChI=1S/C14H13ClFN5/c1-7-3-9(4-8(2)11(7)16)5-17-12-10-6-18-21-13(10)20-14(15)19-12/h3-4,6H,5H2,1-2H3,(H2,17,18,19,20,21). The molecule has 3 rings (SSSR count). The van der Waals surface area contributed by atoms with Crippen molar-refractivity contribution >= 4 is 28.5 Å². The van der Waals surface area contributed by atoms with Crippen molar-refractivity contribution in [1.82, 2.24) is 20.2 Å². The van der Waals surface area contributed by atoms with E-state index in [-0.39, 0.29) is 11.1 Å². The fourth-order valence-electron chi connectivity index (χ4n) is 2.27. The molecular weight excluding hydrogens is 293 g/mol. The number of hydrogen-bond acceptors (Lipinski definition) is 4. The summed E-state index contributed by atoms with van der Waals surface area (Å²) in [5, 5.41) is 10.8. The molecule has 2 aromatic heterocycles. The zero-order chi connectivity index (χ0) is 15.0. The van der Waals surface area contributed by atoms with Gasteiger partial charge >= 0.3 is 0 Å². The molecule has 108 valence electrons. The monoisotopic (exact) mass is 305 g/mol. The Bertz CT molecular complexity index is 791. The summed E-state index contributed by atoms with van der Waals surface area (Å²) in [7, 11) is 0. The number of anilines is 1. The van der Waals surface area contributed by atoms with E-state index >= 15 is 0 Å². The van der Waals surface area contributed by atoms with Crippen molar-refractivity contribution in [2.45, 2.75) is 20.4 Å². The van der Waals surface area contributed by atoms with E-state index < -0.39 is 0 Å². The third kappa shape index (κ3) is 2.67. The van der Waals surface area contributed by atoms with E-state index in [4.69, 9.17) is 11.6 Å². The molecule has 2 heterocycles. The van der Waals surface area contributed by atoms with E-state index in [0.29, 0.717) is 29.1 Å². The van der Waals surface area contributed by atoms with Crippen LogP contribution < -0.4 is 5.32 Å². The van der Waals surface area contributed by atoms with Crippen molar-refractivity contribution in [1.29, 1.82) is 0 Å². The maximum absolute atomic E-state index is 13.6. The van der Waals surface area contributed by atoms with Crippen molar-refractivity contribution in [2.75, 3.05) is 5.32 Å². The summed E-state index contributed by atoms with van der Waals surface area (Å²) >= 11 is 5.87. The molecule has 0 aliphatic rings. The number of fused-ring (bicyclic) bond motifs is 1. The van der Waals surface area contributed by atoms with Gasteiger partial charge in [-0.2, -0.15) is 15.1 Å². The van der Waals surface area contributed by atoms with Crippen LogP contribution in [0.2, 0.25) is 5.28 Å². The molecule has 0 fully saturated rings. The van der Waals surface area contributed by atoms with Crippen LogP contribution in [0.15, 0.2) is 18.3 Å². The molecule has 0 amide bonds. The van der Waals surface area contributed by atoms with Crippen molar-refractivity contribution in [3.05, 3.63) is 46.1 Å². The lowest BCUT2D eigenvalue weighted by molar-refractivity contribution is 0.608. The van der Waals surface area contributed by atoms with E-state index in [9.17, 15) is 4.39 Å². The van der Waals surface area contributed by atoms with Crippen LogP contribution in [0.5, 0.6) is 0 Å².